The van der Waals surface area contributed by atoms with Gasteiger partial charge in [0, 0.05) is 87.2 Å². The molecule has 6 aliphatic heterocycles. The number of furan rings is 2. The van der Waals surface area contributed by atoms with E-state index < -0.39 is 0 Å². The van der Waals surface area contributed by atoms with Crippen molar-refractivity contribution in [2.75, 3.05) is 29.4 Å². The van der Waals surface area contributed by atoms with Crippen LogP contribution < -0.4 is 62.6 Å². The molecule has 0 aliphatic carbocycles. The van der Waals surface area contributed by atoms with Gasteiger partial charge in [0.25, 0.3) is 13.4 Å². The summed E-state index contributed by atoms with van der Waals surface area (Å²) in [5, 5.41) is 2.10. The van der Waals surface area contributed by atoms with E-state index in [1.165, 1.54) is 19.6 Å². The molecule has 21 rings (SSSR count). The van der Waals surface area contributed by atoms with E-state index >= 15 is 0 Å². The lowest BCUT2D eigenvalue weighted by Gasteiger charge is -2.46. The maximum Gasteiger partial charge on any atom is 0.297 e. The second kappa shape index (κ2) is 20.0. The van der Waals surface area contributed by atoms with Crippen molar-refractivity contribution in [2.24, 2.45) is 0 Å². The molecule has 0 spiro atoms. The third-order valence-corrected chi connectivity index (χ3v) is 21.9. The summed E-state index contributed by atoms with van der Waals surface area (Å²) < 4.78 is 15.1. The average Bonchev–Trinajstić information content (AvgIpc) is 1.06. The molecular weight excluding hydrogens is 1190 g/mol. The number of rotatable bonds is 6. The fourth-order valence-electron chi connectivity index (χ4n) is 15.9. The van der Waals surface area contributed by atoms with Gasteiger partial charge in [-0.1, -0.05) is 175 Å². The van der Waals surface area contributed by atoms with Crippen molar-refractivity contribution in [3.8, 4) is 0 Å². The number of benzene rings is 13. The predicted molar refractivity (Wildman–Crippen MR) is 392 cm³/mol. The summed E-state index contributed by atoms with van der Waals surface area (Å²) in [6, 6.07) is 111. The van der Waals surface area contributed by atoms with Crippen LogP contribution in [0.4, 0.5) is 102 Å². The Labute approximate surface area is 551 Å². The van der Waals surface area contributed by atoms with Crippen LogP contribution in [0.15, 0.2) is 332 Å². The zero-order valence-electron chi connectivity index (χ0n) is 50.3. The molecule has 6 aliphatic rings. The molecule has 0 unspecified atom stereocenters. The molecular formula is C82H50B2N6O2S2. The predicted octanol–water partition coefficient (Wildman–Crippen LogP) is 19.2. The maximum atomic E-state index is 7.57. The third-order valence-electron chi connectivity index (χ3n) is 19.7. The van der Waals surface area contributed by atoms with E-state index in [2.05, 4.69) is 333 Å². The summed E-state index contributed by atoms with van der Waals surface area (Å²) in [7, 11) is 0. The zero-order chi connectivity index (χ0) is 61.3. The molecule has 8 heterocycles. The van der Waals surface area contributed by atoms with Crippen LogP contribution in [-0.4, -0.2) is 13.4 Å². The number of fused-ring (bicyclic) bond motifs is 16. The highest BCUT2D eigenvalue weighted by Gasteiger charge is 2.52. The van der Waals surface area contributed by atoms with Crippen LogP contribution in [0.3, 0.4) is 0 Å². The van der Waals surface area contributed by atoms with E-state index in [1.54, 1.807) is 0 Å². The lowest BCUT2D eigenvalue weighted by molar-refractivity contribution is 0.651. The largest absolute Gasteiger partial charge is 0.468 e. The van der Waals surface area contributed by atoms with Gasteiger partial charge in [0.05, 0.1) is 56.8 Å². The van der Waals surface area contributed by atoms with Crippen molar-refractivity contribution in [2.45, 2.75) is 19.6 Å². The monoisotopic (exact) mass is 1240 g/mol. The van der Waals surface area contributed by atoms with Crippen molar-refractivity contribution < 1.29 is 8.83 Å². The summed E-state index contributed by atoms with van der Waals surface area (Å²) in [4.78, 5) is 19.8. The average molecular weight is 1240 g/mol. The molecule has 0 N–H and O–H groups in total. The van der Waals surface area contributed by atoms with Crippen molar-refractivity contribution in [3.05, 3.63) is 303 Å². The number of anilines is 18. The first-order valence-electron chi connectivity index (χ1n) is 32.0. The molecule has 0 bridgehead atoms. The van der Waals surface area contributed by atoms with Gasteiger partial charge in [-0.2, -0.15) is 0 Å². The quantitative estimate of drug-likeness (QED) is 0.151. The second-order valence-electron chi connectivity index (χ2n) is 24.7. The van der Waals surface area contributed by atoms with Crippen LogP contribution in [-0.2, 0) is 0 Å². The maximum absolute atomic E-state index is 7.57. The molecule has 13 aromatic carbocycles. The summed E-state index contributed by atoms with van der Waals surface area (Å²) in [5.41, 5.74) is 27.4. The number of para-hydroxylation sites is 10. The highest BCUT2D eigenvalue weighted by Crippen LogP contribution is 2.58. The Morgan fingerprint density at radius 1 is 0.234 bits per heavy atom. The Morgan fingerprint density at radius 3 is 0.883 bits per heavy atom. The first-order chi connectivity index (χ1) is 46.7. The molecule has 0 amide bonds. The van der Waals surface area contributed by atoms with Crippen molar-refractivity contribution in [3.63, 3.8) is 0 Å². The van der Waals surface area contributed by atoms with Gasteiger partial charge in [0.2, 0.25) is 0 Å². The van der Waals surface area contributed by atoms with Crippen molar-refractivity contribution in [1.82, 2.24) is 0 Å². The first-order valence-corrected chi connectivity index (χ1v) is 33.6. The van der Waals surface area contributed by atoms with Crippen molar-refractivity contribution in [1.29, 1.82) is 0 Å². The lowest BCUT2D eigenvalue weighted by atomic mass is 9.32. The van der Waals surface area contributed by atoms with Crippen LogP contribution in [0.2, 0.25) is 0 Å². The minimum absolute atomic E-state index is 0.372. The molecule has 0 atom stereocenters. The molecule has 12 heteroatoms. The minimum atomic E-state index is -0.372. The molecule has 438 valence electrons. The van der Waals surface area contributed by atoms with Gasteiger partial charge in [-0.05, 0) is 174 Å². The van der Waals surface area contributed by atoms with Gasteiger partial charge in [-0.25, -0.2) is 0 Å². The van der Waals surface area contributed by atoms with Crippen LogP contribution in [0.1, 0.15) is 0 Å². The summed E-state index contributed by atoms with van der Waals surface area (Å²) in [6.45, 7) is -0.744. The van der Waals surface area contributed by atoms with Gasteiger partial charge >= 0.3 is 0 Å². The molecule has 0 saturated carbocycles. The SMILES string of the molecule is c1ccc(N2c3cc4c(cc3B3c5oc6ccccc6c5N(c5ccccc5)c5cc(N6c7ccccc7Sc7ccccc76)cc2c53)B2c3oc5ccccc5c3N(c3ccccc3)c3cc(N5c6ccccc6Sc6ccccc65)cc(c32)N4c2ccccc2)cc1. The number of hydrogen-bond acceptors (Lipinski definition) is 10. The Bertz CT molecular complexity index is 5240. The third kappa shape index (κ3) is 7.40. The topological polar surface area (TPSA) is 45.7 Å². The lowest BCUT2D eigenvalue weighted by Crippen LogP contribution is -2.65. The smallest absolute Gasteiger partial charge is 0.297 e. The number of hydrogen-bond donors (Lipinski definition) is 0. The Morgan fingerprint density at radius 2 is 0.521 bits per heavy atom. The van der Waals surface area contributed by atoms with Crippen LogP contribution in [0.5, 0.6) is 0 Å². The summed E-state index contributed by atoms with van der Waals surface area (Å²) >= 11 is 3.66. The van der Waals surface area contributed by atoms with E-state index in [0.29, 0.717) is 0 Å². The highest BCUT2D eigenvalue weighted by molar-refractivity contribution is 8.00. The van der Waals surface area contributed by atoms with Gasteiger partial charge in [-0.15, -0.1) is 0 Å². The van der Waals surface area contributed by atoms with E-state index in [4.69, 9.17) is 8.83 Å². The molecule has 2 aromatic heterocycles. The van der Waals surface area contributed by atoms with E-state index in [9.17, 15) is 0 Å². The van der Waals surface area contributed by atoms with Crippen LogP contribution >= 0.6 is 23.5 Å². The molecule has 8 nitrogen and oxygen atoms in total. The molecule has 0 radical (unpaired) electrons. The highest BCUT2D eigenvalue weighted by atomic mass is 32.2. The summed E-state index contributed by atoms with van der Waals surface area (Å²) in [5.74, 6) is 0. The van der Waals surface area contributed by atoms with E-state index in [-0.39, 0.29) is 13.4 Å². The van der Waals surface area contributed by atoms with Gasteiger partial charge < -0.3 is 38.2 Å². The Kier molecular flexibility index (Phi) is 11.1. The van der Waals surface area contributed by atoms with Crippen LogP contribution in [0.25, 0.3) is 21.9 Å². The Balaban J connectivity index is 0.904. The molecule has 0 saturated heterocycles. The van der Waals surface area contributed by atoms with Gasteiger partial charge in [0.15, 0.2) is 0 Å². The zero-order valence-corrected chi connectivity index (χ0v) is 52.0. The first kappa shape index (κ1) is 52.2. The normalized spacial score (nSPS) is 14.1. The second-order valence-corrected chi connectivity index (χ2v) is 26.9. The molecule has 0 fully saturated rings. The Hall–Kier alpha value is -11.4. The molecule has 15 aromatic rings. The number of nitrogens with zero attached hydrogens (tertiary/aromatic N) is 6. The van der Waals surface area contributed by atoms with Gasteiger partial charge in [0.1, 0.15) is 11.2 Å². The van der Waals surface area contributed by atoms with Crippen molar-refractivity contribution >= 4 is 194 Å². The minimum Gasteiger partial charge on any atom is -0.468 e. The fourth-order valence-corrected chi connectivity index (χ4v) is 18.1. The van der Waals surface area contributed by atoms with Gasteiger partial charge in [-0.3, -0.25) is 0 Å². The molecule has 94 heavy (non-hydrogen) atoms. The fraction of sp³-hybridized carbons (Fsp3) is 0. The van der Waals surface area contributed by atoms with Crippen LogP contribution in [0, 0.1) is 0 Å². The van der Waals surface area contributed by atoms with E-state index in [0.717, 1.165) is 157 Å². The van der Waals surface area contributed by atoms with E-state index in [1.807, 2.05) is 23.5 Å². The standard InChI is InChI=1S/C82H50B2N6O2S2/c1-5-25-51(26-6-1)85-65-50-66-60(49-59(65)83-77-67(85)45-55(87-61-35-15-21-41-73(61)93-74-42-22-16-36-62(74)87)47-69(77)89(53-29-9-3-10-30-53)79-57-33-13-19-39-71(57)91-81(79)83)84-78-68(86(66)52-27-7-2-8-28-52)46-56(88-63-37-17-23-43-75(63)94-76-44-24-18-38-64(76)88)48-70(78)90(54-31-11-4-12-32-54)80-58-34-14-20-40-72(58)92-82(80)84/h1-50H. The summed E-state index contributed by atoms with van der Waals surface area (Å²) in [6.07, 6.45) is 0.